The van der Waals surface area contributed by atoms with Crippen molar-refractivity contribution in [3.8, 4) is 0 Å². The third-order valence-electron chi connectivity index (χ3n) is 3.09. The van der Waals surface area contributed by atoms with Crippen LogP contribution in [0, 0.1) is 5.92 Å². The topological polar surface area (TPSA) is 50.9 Å². The molecule has 0 atom stereocenters. The fourth-order valence-electron chi connectivity index (χ4n) is 2.14. The SMILES string of the molecule is NC(=S)c1ccnc(NCC2CCCC2)c1. The predicted octanol–water partition coefficient (Wildman–Crippen LogP) is 2.32. The minimum atomic E-state index is 0.423. The van der Waals surface area contributed by atoms with Crippen molar-refractivity contribution in [1.82, 2.24) is 4.98 Å². The van der Waals surface area contributed by atoms with Crippen LogP contribution in [0.4, 0.5) is 5.82 Å². The lowest BCUT2D eigenvalue weighted by Gasteiger charge is -2.11. The predicted molar refractivity (Wildman–Crippen MR) is 70.6 cm³/mol. The third-order valence-corrected chi connectivity index (χ3v) is 3.33. The van der Waals surface area contributed by atoms with Crippen LogP contribution in [0.3, 0.4) is 0 Å². The standard InChI is InChI=1S/C12H17N3S/c13-12(16)10-5-6-14-11(7-10)15-8-9-3-1-2-4-9/h5-7,9H,1-4,8H2,(H2,13,16)(H,14,15). The largest absolute Gasteiger partial charge is 0.389 e. The molecular weight excluding hydrogens is 218 g/mol. The molecule has 4 heteroatoms. The monoisotopic (exact) mass is 235 g/mol. The van der Waals surface area contributed by atoms with Crippen molar-refractivity contribution in [3.63, 3.8) is 0 Å². The molecule has 86 valence electrons. The summed E-state index contributed by atoms with van der Waals surface area (Å²) in [7, 11) is 0. The van der Waals surface area contributed by atoms with Crippen LogP contribution in [0.2, 0.25) is 0 Å². The van der Waals surface area contributed by atoms with Gasteiger partial charge in [-0.15, -0.1) is 0 Å². The summed E-state index contributed by atoms with van der Waals surface area (Å²) in [6.07, 6.45) is 7.15. The molecule has 1 aliphatic rings. The molecule has 1 aliphatic carbocycles. The molecule has 3 N–H and O–H groups in total. The van der Waals surface area contributed by atoms with Gasteiger partial charge in [0, 0.05) is 18.3 Å². The summed E-state index contributed by atoms with van der Waals surface area (Å²) in [5.41, 5.74) is 6.45. The Hall–Kier alpha value is -1.16. The first-order chi connectivity index (χ1) is 7.75. The lowest BCUT2D eigenvalue weighted by molar-refractivity contribution is 0.579. The second kappa shape index (κ2) is 5.25. The van der Waals surface area contributed by atoms with E-state index in [1.54, 1.807) is 6.20 Å². The number of hydrogen-bond acceptors (Lipinski definition) is 3. The van der Waals surface area contributed by atoms with Crippen LogP contribution < -0.4 is 11.1 Å². The average molecular weight is 235 g/mol. The smallest absolute Gasteiger partial charge is 0.126 e. The van der Waals surface area contributed by atoms with Gasteiger partial charge in [0.25, 0.3) is 0 Å². The van der Waals surface area contributed by atoms with Gasteiger partial charge in [0.15, 0.2) is 0 Å². The van der Waals surface area contributed by atoms with Crippen molar-refractivity contribution < 1.29 is 0 Å². The molecule has 0 bridgehead atoms. The van der Waals surface area contributed by atoms with Crippen LogP contribution in [0.15, 0.2) is 18.3 Å². The maximum absolute atomic E-state index is 5.58. The fourth-order valence-corrected chi connectivity index (χ4v) is 2.27. The van der Waals surface area contributed by atoms with E-state index in [1.807, 2.05) is 12.1 Å². The van der Waals surface area contributed by atoms with Gasteiger partial charge in [-0.2, -0.15) is 0 Å². The van der Waals surface area contributed by atoms with Crippen LogP contribution >= 0.6 is 12.2 Å². The molecule has 1 fully saturated rings. The average Bonchev–Trinajstić information content (AvgIpc) is 2.79. The van der Waals surface area contributed by atoms with Crippen LogP contribution in [-0.2, 0) is 0 Å². The Bertz CT molecular complexity index is 372. The first kappa shape index (κ1) is 11.3. The van der Waals surface area contributed by atoms with E-state index in [4.69, 9.17) is 18.0 Å². The maximum atomic E-state index is 5.58. The van der Waals surface area contributed by atoms with E-state index >= 15 is 0 Å². The number of hydrogen-bond donors (Lipinski definition) is 2. The molecule has 1 saturated carbocycles. The van der Waals surface area contributed by atoms with Crippen molar-refractivity contribution in [2.24, 2.45) is 11.7 Å². The molecule has 0 aliphatic heterocycles. The Labute approximate surface area is 101 Å². The van der Waals surface area contributed by atoms with Crippen molar-refractivity contribution in [2.75, 3.05) is 11.9 Å². The Morgan fingerprint density at radius 3 is 2.94 bits per heavy atom. The van der Waals surface area contributed by atoms with Crippen molar-refractivity contribution >= 4 is 23.0 Å². The van der Waals surface area contributed by atoms with Crippen molar-refractivity contribution in [2.45, 2.75) is 25.7 Å². The van der Waals surface area contributed by atoms with Crippen LogP contribution in [0.1, 0.15) is 31.2 Å². The highest BCUT2D eigenvalue weighted by molar-refractivity contribution is 7.80. The van der Waals surface area contributed by atoms with E-state index < -0.39 is 0 Å². The van der Waals surface area contributed by atoms with Crippen LogP contribution in [0.5, 0.6) is 0 Å². The number of aromatic nitrogens is 1. The highest BCUT2D eigenvalue weighted by Crippen LogP contribution is 2.24. The summed E-state index contributed by atoms with van der Waals surface area (Å²) in [6, 6.07) is 3.75. The second-order valence-electron chi connectivity index (χ2n) is 4.33. The first-order valence-corrected chi connectivity index (χ1v) is 6.16. The summed E-state index contributed by atoms with van der Waals surface area (Å²) >= 11 is 4.94. The van der Waals surface area contributed by atoms with Gasteiger partial charge in [-0.05, 0) is 30.9 Å². The van der Waals surface area contributed by atoms with Gasteiger partial charge < -0.3 is 11.1 Å². The molecule has 16 heavy (non-hydrogen) atoms. The number of thiocarbonyl (C=S) groups is 1. The number of nitrogens with zero attached hydrogens (tertiary/aromatic N) is 1. The van der Waals surface area contributed by atoms with E-state index in [-0.39, 0.29) is 0 Å². The summed E-state index contributed by atoms with van der Waals surface area (Å²) < 4.78 is 0. The molecular formula is C12H17N3S. The zero-order valence-electron chi connectivity index (χ0n) is 9.28. The molecule has 3 nitrogen and oxygen atoms in total. The normalized spacial score (nSPS) is 16.2. The zero-order chi connectivity index (χ0) is 11.4. The van der Waals surface area contributed by atoms with Gasteiger partial charge in [-0.3, -0.25) is 0 Å². The molecule has 0 aromatic carbocycles. The van der Waals surface area contributed by atoms with E-state index in [0.29, 0.717) is 4.99 Å². The van der Waals surface area contributed by atoms with E-state index in [1.165, 1.54) is 25.7 Å². The molecule has 1 aromatic heterocycles. The molecule has 1 heterocycles. The molecule has 0 saturated heterocycles. The van der Waals surface area contributed by atoms with E-state index in [2.05, 4.69) is 10.3 Å². The van der Waals surface area contributed by atoms with Crippen molar-refractivity contribution in [1.29, 1.82) is 0 Å². The molecule has 2 rings (SSSR count). The minimum absolute atomic E-state index is 0.423. The highest BCUT2D eigenvalue weighted by atomic mass is 32.1. The Morgan fingerprint density at radius 2 is 2.25 bits per heavy atom. The number of nitrogens with one attached hydrogen (secondary N) is 1. The van der Waals surface area contributed by atoms with Crippen LogP contribution in [0.25, 0.3) is 0 Å². The summed E-state index contributed by atoms with van der Waals surface area (Å²) in [6.45, 7) is 1.01. The first-order valence-electron chi connectivity index (χ1n) is 5.75. The number of rotatable bonds is 4. The Balaban J connectivity index is 1.93. The van der Waals surface area contributed by atoms with Gasteiger partial charge in [0.2, 0.25) is 0 Å². The summed E-state index contributed by atoms with van der Waals surface area (Å²) in [5.74, 6) is 1.67. The van der Waals surface area contributed by atoms with Gasteiger partial charge in [0.1, 0.15) is 10.8 Å². The third kappa shape index (κ3) is 2.92. The minimum Gasteiger partial charge on any atom is -0.389 e. The summed E-state index contributed by atoms with van der Waals surface area (Å²) in [4.78, 5) is 4.68. The Morgan fingerprint density at radius 1 is 1.50 bits per heavy atom. The number of anilines is 1. The Kier molecular flexibility index (Phi) is 3.72. The van der Waals surface area contributed by atoms with Gasteiger partial charge in [0.05, 0.1) is 0 Å². The highest BCUT2D eigenvalue weighted by Gasteiger charge is 2.14. The van der Waals surface area contributed by atoms with Crippen LogP contribution in [-0.4, -0.2) is 16.5 Å². The molecule has 0 unspecified atom stereocenters. The lowest BCUT2D eigenvalue weighted by atomic mass is 10.1. The number of pyridine rings is 1. The second-order valence-corrected chi connectivity index (χ2v) is 4.77. The van der Waals surface area contributed by atoms with E-state index in [9.17, 15) is 0 Å². The maximum Gasteiger partial charge on any atom is 0.126 e. The van der Waals surface area contributed by atoms with Gasteiger partial charge >= 0.3 is 0 Å². The zero-order valence-corrected chi connectivity index (χ0v) is 10.1. The van der Waals surface area contributed by atoms with Crippen molar-refractivity contribution in [3.05, 3.63) is 23.9 Å². The van der Waals surface area contributed by atoms with E-state index in [0.717, 1.165) is 23.8 Å². The van der Waals surface area contributed by atoms with Gasteiger partial charge in [-0.1, -0.05) is 25.1 Å². The lowest BCUT2D eigenvalue weighted by Crippen LogP contribution is -2.14. The summed E-state index contributed by atoms with van der Waals surface area (Å²) in [5, 5.41) is 3.36. The fraction of sp³-hybridized carbons (Fsp3) is 0.500. The molecule has 0 radical (unpaired) electrons. The molecule has 0 amide bonds. The van der Waals surface area contributed by atoms with Gasteiger partial charge in [-0.25, -0.2) is 4.98 Å². The number of nitrogens with two attached hydrogens (primary N) is 1. The molecule has 1 aromatic rings. The molecule has 0 spiro atoms. The quantitative estimate of drug-likeness (QED) is 0.786.